The highest BCUT2D eigenvalue weighted by Crippen LogP contribution is 2.32. The van der Waals surface area contributed by atoms with E-state index in [0.717, 1.165) is 19.1 Å². The average Bonchev–Trinajstić information content (AvgIpc) is 2.95. The summed E-state index contributed by atoms with van der Waals surface area (Å²) < 4.78 is 1.89. The number of carbonyl (C=O) groups is 1. The van der Waals surface area contributed by atoms with Crippen molar-refractivity contribution >= 4 is 51.5 Å². The number of hydrogen-bond donors (Lipinski definition) is 5. The van der Waals surface area contributed by atoms with Crippen LogP contribution in [-0.2, 0) is 4.79 Å². The highest BCUT2D eigenvalue weighted by atomic mass is 79.9. The van der Waals surface area contributed by atoms with Crippen LogP contribution in [0.25, 0.3) is 17.0 Å². The molecule has 0 saturated carbocycles. The molecular weight excluding hydrogens is 622 g/mol. The lowest BCUT2D eigenvalue weighted by Gasteiger charge is -2.22. The molecule has 1 aromatic carbocycles. The van der Waals surface area contributed by atoms with Gasteiger partial charge >= 0.3 is 0 Å². The number of nitrogens with two attached hydrogens (primary N) is 2. The molecule has 2 aromatic heterocycles. The maximum absolute atomic E-state index is 13.7. The summed E-state index contributed by atoms with van der Waals surface area (Å²) in [6.07, 6.45) is 8.69. The topological polar surface area (TPSA) is 168 Å². The number of halogens is 2. The molecule has 1 atom stereocenters. The summed E-state index contributed by atoms with van der Waals surface area (Å²) in [5, 5.41) is 15.1. The smallest absolute Gasteiger partial charge is 0.254 e. The van der Waals surface area contributed by atoms with Gasteiger partial charge in [0.2, 0.25) is 6.41 Å². The summed E-state index contributed by atoms with van der Waals surface area (Å²) in [5.74, 6) is 6.69. The molecule has 11 nitrogen and oxygen atoms in total. The second-order valence-electron chi connectivity index (χ2n) is 9.86. The number of benzene rings is 1. The van der Waals surface area contributed by atoms with Gasteiger partial charge in [-0.05, 0) is 58.6 Å². The van der Waals surface area contributed by atoms with Gasteiger partial charge in [-0.25, -0.2) is 10.8 Å². The van der Waals surface area contributed by atoms with E-state index in [1.165, 1.54) is 23.6 Å². The summed E-state index contributed by atoms with van der Waals surface area (Å²) in [4.78, 5) is 34.0. The molecule has 1 unspecified atom stereocenters. The van der Waals surface area contributed by atoms with Crippen LogP contribution in [-0.4, -0.2) is 34.2 Å². The Hall–Kier alpha value is -4.00. The molecule has 3 rings (SSSR count). The average molecular weight is 657 g/mol. The third-order valence-electron chi connectivity index (χ3n) is 6.50. The second kappa shape index (κ2) is 15.3. The molecule has 1 amide bonds. The van der Waals surface area contributed by atoms with Gasteiger partial charge in [0.1, 0.15) is 0 Å². The van der Waals surface area contributed by atoms with E-state index in [2.05, 4.69) is 50.4 Å². The predicted octanol–water partition coefficient (Wildman–Crippen LogP) is 4.49. The molecule has 3 aromatic rings. The van der Waals surface area contributed by atoms with Crippen LogP contribution in [0.5, 0.6) is 0 Å². The van der Waals surface area contributed by atoms with Gasteiger partial charge in [-0.1, -0.05) is 38.3 Å². The Bertz CT molecular complexity index is 1530. The largest absolute Gasteiger partial charge is 0.392 e. The van der Waals surface area contributed by atoms with E-state index in [1.807, 2.05) is 6.07 Å². The quantitative estimate of drug-likeness (QED) is 0.0556. The van der Waals surface area contributed by atoms with E-state index in [0.29, 0.717) is 68.0 Å². The number of carbonyl (C=O) groups excluding carboxylic acids is 1. The third kappa shape index (κ3) is 8.28. The van der Waals surface area contributed by atoms with Crippen LogP contribution in [0.3, 0.4) is 0 Å². The van der Waals surface area contributed by atoms with Gasteiger partial charge in [0.05, 0.1) is 51.6 Å². The summed E-state index contributed by atoms with van der Waals surface area (Å²) in [5.41, 5.74) is 9.14. The fourth-order valence-corrected chi connectivity index (χ4v) is 4.94. The first kappa shape index (κ1) is 32.5. The highest BCUT2D eigenvalue weighted by molar-refractivity contribution is 9.11. The van der Waals surface area contributed by atoms with Gasteiger partial charge in [-0.3, -0.25) is 24.1 Å². The fourth-order valence-electron chi connectivity index (χ4n) is 4.55. The van der Waals surface area contributed by atoms with Gasteiger partial charge in [0, 0.05) is 41.7 Å². The maximum atomic E-state index is 13.7. The molecule has 0 aliphatic carbocycles. The highest BCUT2D eigenvalue weighted by Gasteiger charge is 2.20. The molecular formula is C29H35BrClN9O2. The first-order valence-electron chi connectivity index (χ1n) is 13.2. The Morgan fingerprint density at radius 2 is 1.98 bits per heavy atom. The third-order valence-corrected chi connectivity index (χ3v) is 6.93. The Balaban J connectivity index is 2.12. The van der Waals surface area contributed by atoms with E-state index < -0.39 is 6.04 Å². The molecule has 0 aliphatic heterocycles. The number of amides is 1. The molecule has 0 bridgehead atoms. The van der Waals surface area contributed by atoms with Crippen LogP contribution in [0.15, 0.2) is 70.2 Å². The van der Waals surface area contributed by atoms with Crippen LogP contribution >= 0.6 is 27.5 Å². The SMILES string of the molecule is CN/C(=C(\C=N)NC=O)c1ccnc(C(CCCC(C)C)n2cnc(-c3cc(Cl)ccc3N(N)/C=C(\N)Br)cc2=O)c1. The lowest BCUT2D eigenvalue weighted by molar-refractivity contribution is -0.108. The van der Waals surface area contributed by atoms with Crippen LogP contribution in [0.4, 0.5) is 5.69 Å². The molecule has 0 fully saturated rings. The molecule has 42 heavy (non-hydrogen) atoms. The van der Waals surface area contributed by atoms with Gasteiger partial charge in [0.25, 0.3) is 5.56 Å². The second-order valence-corrected chi connectivity index (χ2v) is 11.2. The molecule has 13 heteroatoms. The van der Waals surface area contributed by atoms with Crippen LogP contribution in [0.2, 0.25) is 5.02 Å². The number of aromatic nitrogens is 3. The predicted molar refractivity (Wildman–Crippen MR) is 172 cm³/mol. The Kier molecular flexibility index (Phi) is 11.8. The number of anilines is 1. The maximum Gasteiger partial charge on any atom is 0.254 e. The van der Waals surface area contributed by atoms with Crippen molar-refractivity contribution in [2.24, 2.45) is 17.5 Å². The summed E-state index contributed by atoms with van der Waals surface area (Å²) in [6, 6.07) is 9.74. The monoisotopic (exact) mass is 655 g/mol. The molecule has 2 heterocycles. The standard InChI is InChI=1S/C29H35BrClN9O2/c1-18(2)5-4-6-26(23-11-19(9-10-36-23)29(35-3)24(14-32)38-17-41)39-16-37-22(13-28(39)42)21-12-20(31)7-8-25(21)40(34)15-27(30)33/h7-18,26,32,35H,4-6,33-34H2,1-3H3,(H,38,41)/b27-15-,29-24+,32-14?. The Morgan fingerprint density at radius 3 is 2.60 bits per heavy atom. The Morgan fingerprint density at radius 1 is 1.21 bits per heavy atom. The van der Waals surface area contributed by atoms with Gasteiger partial charge in [-0.2, -0.15) is 0 Å². The minimum atomic E-state index is -0.417. The molecule has 0 radical (unpaired) electrons. The lowest BCUT2D eigenvalue weighted by atomic mass is 9.99. The van der Waals surface area contributed by atoms with Crippen molar-refractivity contribution in [1.82, 2.24) is 25.2 Å². The number of nitrogens with one attached hydrogen (secondary N) is 3. The molecule has 0 spiro atoms. The number of hydrogen-bond acceptors (Lipinski definition) is 9. The zero-order chi connectivity index (χ0) is 30.8. The summed E-state index contributed by atoms with van der Waals surface area (Å²) in [7, 11) is 1.70. The van der Waals surface area contributed by atoms with Crippen molar-refractivity contribution in [3.8, 4) is 11.3 Å². The minimum Gasteiger partial charge on any atom is -0.392 e. The first-order valence-corrected chi connectivity index (χ1v) is 14.4. The fraction of sp³-hybridized carbons (Fsp3) is 0.276. The number of pyridine rings is 1. The van der Waals surface area contributed by atoms with Crippen molar-refractivity contribution in [3.63, 3.8) is 0 Å². The summed E-state index contributed by atoms with van der Waals surface area (Å²) >= 11 is 9.47. The normalized spacial score (nSPS) is 12.9. The van der Waals surface area contributed by atoms with Gasteiger partial charge in [-0.15, -0.1) is 0 Å². The van der Waals surface area contributed by atoms with Crippen molar-refractivity contribution in [1.29, 1.82) is 5.41 Å². The van der Waals surface area contributed by atoms with Crippen LogP contribution in [0, 0.1) is 11.3 Å². The summed E-state index contributed by atoms with van der Waals surface area (Å²) in [6.45, 7) is 4.31. The van der Waals surface area contributed by atoms with Gasteiger partial charge < -0.3 is 21.8 Å². The van der Waals surface area contributed by atoms with Crippen LogP contribution < -0.4 is 32.8 Å². The van der Waals surface area contributed by atoms with Crippen molar-refractivity contribution < 1.29 is 4.79 Å². The molecule has 7 N–H and O–H groups in total. The van der Waals surface area contributed by atoms with Crippen molar-refractivity contribution in [2.75, 3.05) is 12.1 Å². The van der Waals surface area contributed by atoms with Crippen molar-refractivity contribution in [3.05, 3.63) is 92.1 Å². The molecule has 222 valence electrons. The number of nitrogens with zero attached hydrogens (tertiary/aromatic N) is 4. The zero-order valence-corrected chi connectivity index (χ0v) is 26.0. The number of hydrazine groups is 1. The van der Waals surface area contributed by atoms with E-state index in [9.17, 15) is 9.59 Å². The number of rotatable bonds is 14. The molecule has 0 aliphatic rings. The van der Waals surface area contributed by atoms with Gasteiger partial charge in [0.15, 0.2) is 0 Å². The van der Waals surface area contributed by atoms with E-state index >= 15 is 0 Å². The van der Waals surface area contributed by atoms with Crippen LogP contribution in [0.1, 0.15) is 50.4 Å². The van der Waals surface area contributed by atoms with Crippen molar-refractivity contribution in [2.45, 2.75) is 39.2 Å². The van der Waals surface area contributed by atoms with E-state index in [-0.39, 0.29) is 5.56 Å². The van der Waals surface area contributed by atoms with E-state index in [1.54, 1.807) is 42.1 Å². The Labute approximate surface area is 258 Å². The van der Waals surface area contributed by atoms with E-state index in [4.69, 9.17) is 28.6 Å². The minimum absolute atomic E-state index is 0.279. The zero-order valence-electron chi connectivity index (χ0n) is 23.6. The number of allylic oxidation sites excluding steroid dienone is 1. The molecule has 0 saturated heterocycles. The first-order chi connectivity index (χ1) is 20.1. The lowest BCUT2D eigenvalue weighted by Crippen LogP contribution is -2.28.